The van der Waals surface area contributed by atoms with Crippen molar-refractivity contribution >= 4 is 18.3 Å². The molecule has 0 bridgehead atoms. The van der Waals surface area contributed by atoms with Gasteiger partial charge in [-0.05, 0) is 51.6 Å². The summed E-state index contributed by atoms with van der Waals surface area (Å²) in [4.78, 5) is 12.1. The lowest BCUT2D eigenvalue weighted by molar-refractivity contribution is -0.122. The van der Waals surface area contributed by atoms with Gasteiger partial charge in [-0.3, -0.25) is 9.48 Å². The molecule has 0 aromatic carbocycles. The number of carbonyl (C=O) groups is 1. The number of carbonyl (C=O) groups excluding carboxylic acids is 1. The van der Waals surface area contributed by atoms with Crippen LogP contribution >= 0.6 is 12.4 Å². The molecule has 1 fully saturated rings. The van der Waals surface area contributed by atoms with Gasteiger partial charge in [-0.2, -0.15) is 5.10 Å². The molecule has 0 aliphatic carbocycles. The summed E-state index contributed by atoms with van der Waals surface area (Å²) >= 11 is 0. The molecule has 2 N–H and O–H groups in total. The fourth-order valence-electron chi connectivity index (χ4n) is 3.16. The number of piperidine rings is 1. The number of hydrogen-bond acceptors (Lipinski definition) is 3. The predicted molar refractivity (Wildman–Crippen MR) is 91.2 cm³/mol. The highest BCUT2D eigenvalue weighted by atomic mass is 35.5. The number of aryl methyl sites for hydroxylation is 2. The van der Waals surface area contributed by atoms with E-state index in [2.05, 4.69) is 22.7 Å². The van der Waals surface area contributed by atoms with Crippen molar-refractivity contribution in [2.75, 3.05) is 13.1 Å². The molecule has 2 unspecified atom stereocenters. The van der Waals surface area contributed by atoms with E-state index < -0.39 is 0 Å². The van der Waals surface area contributed by atoms with Crippen LogP contribution in [0.25, 0.3) is 0 Å². The standard InChI is InChI=1S/C16H28N4O.ClH/c1-11(14-6-5-7-17-9-14)8-16(21)18-10-15-12(2)19-20(4)13(15)3;/h11,14,17H,5-10H2,1-4H3,(H,18,21);1H. The van der Waals surface area contributed by atoms with Crippen molar-refractivity contribution in [3.63, 3.8) is 0 Å². The van der Waals surface area contributed by atoms with Gasteiger partial charge in [0.05, 0.1) is 5.69 Å². The molecule has 2 atom stereocenters. The molecule has 5 nitrogen and oxygen atoms in total. The third-order valence-corrected chi connectivity index (χ3v) is 4.77. The van der Waals surface area contributed by atoms with E-state index >= 15 is 0 Å². The summed E-state index contributed by atoms with van der Waals surface area (Å²) in [5.74, 6) is 1.22. The van der Waals surface area contributed by atoms with Gasteiger partial charge in [0.2, 0.25) is 5.91 Å². The Morgan fingerprint density at radius 1 is 1.50 bits per heavy atom. The van der Waals surface area contributed by atoms with Gasteiger partial charge >= 0.3 is 0 Å². The Bertz CT molecular complexity index is 495. The molecule has 0 spiro atoms. The van der Waals surface area contributed by atoms with Gasteiger partial charge in [0.15, 0.2) is 0 Å². The SMILES string of the molecule is Cc1nn(C)c(C)c1CNC(=O)CC(C)C1CCCNC1.Cl. The normalized spacial score (nSPS) is 19.4. The molecule has 2 heterocycles. The zero-order chi connectivity index (χ0) is 15.4. The first-order valence-corrected chi connectivity index (χ1v) is 7.95. The number of hydrogen-bond donors (Lipinski definition) is 2. The molecule has 1 aliphatic heterocycles. The molecule has 1 amide bonds. The van der Waals surface area contributed by atoms with Gasteiger partial charge in [0.1, 0.15) is 0 Å². The van der Waals surface area contributed by atoms with E-state index in [0.29, 0.717) is 24.8 Å². The zero-order valence-corrected chi connectivity index (χ0v) is 14.9. The first-order chi connectivity index (χ1) is 9.99. The predicted octanol–water partition coefficient (Wildman–Crippen LogP) is 2.10. The smallest absolute Gasteiger partial charge is 0.220 e. The number of aromatic nitrogens is 2. The monoisotopic (exact) mass is 328 g/mol. The van der Waals surface area contributed by atoms with Crippen LogP contribution in [0.1, 0.15) is 43.1 Å². The summed E-state index contributed by atoms with van der Waals surface area (Å²) in [6, 6.07) is 0. The number of nitrogens with zero attached hydrogens (tertiary/aromatic N) is 2. The summed E-state index contributed by atoms with van der Waals surface area (Å²) in [5, 5.41) is 10.9. The Balaban J connectivity index is 0.00000242. The van der Waals surface area contributed by atoms with Crippen molar-refractivity contribution in [1.29, 1.82) is 0 Å². The van der Waals surface area contributed by atoms with Gasteiger partial charge in [0, 0.05) is 31.3 Å². The summed E-state index contributed by atoms with van der Waals surface area (Å²) in [6.07, 6.45) is 3.08. The highest BCUT2D eigenvalue weighted by Gasteiger charge is 2.22. The third kappa shape index (κ3) is 4.71. The highest BCUT2D eigenvalue weighted by Crippen LogP contribution is 2.22. The second-order valence-corrected chi connectivity index (χ2v) is 6.34. The molecular formula is C16H29ClN4O. The van der Waals surface area contributed by atoms with Gasteiger partial charge < -0.3 is 10.6 Å². The molecular weight excluding hydrogens is 300 g/mol. The fourth-order valence-corrected chi connectivity index (χ4v) is 3.16. The van der Waals surface area contributed by atoms with Crippen molar-refractivity contribution in [2.45, 2.75) is 46.6 Å². The highest BCUT2D eigenvalue weighted by molar-refractivity contribution is 5.85. The van der Waals surface area contributed by atoms with Gasteiger partial charge in [-0.15, -0.1) is 12.4 Å². The first kappa shape index (κ1) is 19.0. The minimum absolute atomic E-state index is 0. The number of halogens is 1. The van der Waals surface area contributed by atoms with Crippen LogP contribution in [0, 0.1) is 25.7 Å². The molecule has 0 saturated carbocycles. The van der Waals surface area contributed by atoms with Crippen LogP contribution in [0.5, 0.6) is 0 Å². The van der Waals surface area contributed by atoms with E-state index in [-0.39, 0.29) is 18.3 Å². The second-order valence-electron chi connectivity index (χ2n) is 6.34. The van der Waals surface area contributed by atoms with E-state index in [9.17, 15) is 4.79 Å². The largest absolute Gasteiger partial charge is 0.352 e. The fraction of sp³-hybridized carbons (Fsp3) is 0.750. The topological polar surface area (TPSA) is 59.0 Å². The van der Waals surface area contributed by atoms with Gasteiger partial charge in [-0.25, -0.2) is 0 Å². The Labute approximate surface area is 139 Å². The van der Waals surface area contributed by atoms with Crippen molar-refractivity contribution in [2.24, 2.45) is 18.9 Å². The van der Waals surface area contributed by atoms with Gasteiger partial charge in [-0.1, -0.05) is 6.92 Å². The number of amides is 1. The number of rotatable bonds is 5. The van der Waals surface area contributed by atoms with Crippen molar-refractivity contribution < 1.29 is 4.79 Å². The minimum Gasteiger partial charge on any atom is -0.352 e. The lowest BCUT2D eigenvalue weighted by Gasteiger charge is -2.28. The number of nitrogens with one attached hydrogen (secondary N) is 2. The molecule has 6 heteroatoms. The lowest BCUT2D eigenvalue weighted by Crippen LogP contribution is -2.35. The van der Waals surface area contributed by atoms with Gasteiger partial charge in [0.25, 0.3) is 0 Å². The van der Waals surface area contributed by atoms with Crippen LogP contribution in [0.15, 0.2) is 0 Å². The average Bonchev–Trinajstić information content (AvgIpc) is 2.71. The Kier molecular flexibility index (Phi) is 7.36. The van der Waals surface area contributed by atoms with E-state index in [1.54, 1.807) is 0 Å². The molecule has 1 aliphatic rings. The van der Waals surface area contributed by atoms with Crippen LogP contribution in [0.4, 0.5) is 0 Å². The Hall–Kier alpha value is -1.07. The molecule has 2 rings (SSSR count). The molecule has 126 valence electrons. The lowest BCUT2D eigenvalue weighted by atomic mass is 9.85. The van der Waals surface area contributed by atoms with Crippen molar-refractivity contribution in [3.8, 4) is 0 Å². The van der Waals surface area contributed by atoms with Crippen LogP contribution in [0.3, 0.4) is 0 Å². The maximum Gasteiger partial charge on any atom is 0.220 e. The summed E-state index contributed by atoms with van der Waals surface area (Å²) in [7, 11) is 1.94. The quantitative estimate of drug-likeness (QED) is 0.870. The Morgan fingerprint density at radius 2 is 2.23 bits per heavy atom. The van der Waals surface area contributed by atoms with E-state index in [4.69, 9.17) is 0 Å². The Morgan fingerprint density at radius 3 is 2.77 bits per heavy atom. The summed E-state index contributed by atoms with van der Waals surface area (Å²) in [6.45, 7) is 8.98. The molecule has 1 aromatic rings. The first-order valence-electron chi connectivity index (χ1n) is 7.95. The summed E-state index contributed by atoms with van der Waals surface area (Å²) in [5.41, 5.74) is 3.26. The van der Waals surface area contributed by atoms with E-state index in [0.717, 1.165) is 30.0 Å². The van der Waals surface area contributed by atoms with Crippen molar-refractivity contribution in [1.82, 2.24) is 20.4 Å². The second kappa shape index (κ2) is 8.53. The van der Waals surface area contributed by atoms with Crippen molar-refractivity contribution in [3.05, 3.63) is 17.0 Å². The maximum atomic E-state index is 12.1. The average molecular weight is 329 g/mol. The van der Waals surface area contributed by atoms with E-state index in [1.807, 2.05) is 25.6 Å². The molecule has 0 radical (unpaired) electrons. The van der Waals surface area contributed by atoms with Crippen LogP contribution in [0.2, 0.25) is 0 Å². The van der Waals surface area contributed by atoms with E-state index in [1.165, 1.54) is 12.8 Å². The maximum absolute atomic E-state index is 12.1. The van der Waals surface area contributed by atoms with Crippen LogP contribution in [-0.2, 0) is 18.4 Å². The van der Waals surface area contributed by atoms with Crippen LogP contribution in [-0.4, -0.2) is 28.8 Å². The molecule has 1 aromatic heterocycles. The molecule has 22 heavy (non-hydrogen) atoms. The van der Waals surface area contributed by atoms with Crippen LogP contribution < -0.4 is 10.6 Å². The zero-order valence-electron chi connectivity index (χ0n) is 14.1. The molecule has 1 saturated heterocycles. The minimum atomic E-state index is 0. The third-order valence-electron chi connectivity index (χ3n) is 4.77. The summed E-state index contributed by atoms with van der Waals surface area (Å²) < 4.78 is 1.87.